The number of amides is 1. The molecule has 0 bridgehead atoms. The predicted molar refractivity (Wildman–Crippen MR) is 147 cm³/mol. The molecule has 1 N–H and O–H groups in total. The van der Waals surface area contributed by atoms with E-state index in [9.17, 15) is 4.79 Å². The van der Waals surface area contributed by atoms with Crippen LogP contribution in [0.2, 0.25) is 0 Å². The third kappa shape index (κ3) is 25.9. The molecule has 0 spiro atoms. The molecule has 0 aliphatic heterocycles. The zero-order valence-electron chi connectivity index (χ0n) is 23.5. The Kier molecular flexibility index (Phi) is 24.1. The Morgan fingerprint density at radius 3 is 1.15 bits per heavy atom. The zero-order valence-corrected chi connectivity index (χ0v) is 23.5. The SMILES string of the molecule is CCCCCCCCCCCCCC[N+](C)(C)NC(=O)CCCCCCCCCCCCC. The Morgan fingerprint density at radius 2 is 0.788 bits per heavy atom. The van der Waals surface area contributed by atoms with Gasteiger partial charge in [0.2, 0.25) is 0 Å². The minimum absolute atomic E-state index is 0.231. The van der Waals surface area contributed by atoms with Crippen LogP contribution >= 0.6 is 0 Å². The Hall–Kier alpha value is -0.570. The highest BCUT2D eigenvalue weighted by Gasteiger charge is 2.17. The number of rotatable bonds is 26. The van der Waals surface area contributed by atoms with Gasteiger partial charge in [-0.15, -0.1) is 0 Å². The molecule has 0 aromatic rings. The van der Waals surface area contributed by atoms with Crippen molar-refractivity contribution in [3.63, 3.8) is 0 Å². The van der Waals surface area contributed by atoms with Crippen molar-refractivity contribution in [3.8, 4) is 0 Å². The lowest BCUT2D eigenvalue weighted by atomic mass is 10.1. The molecule has 198 valence electrons. The van der Waals surface area contributed by atoms with E-state index in [4.69, 9.17) is 0 Å². The van der Waals surface area contributed by atoms with E-state index in [0.717, 1.165) is 13.0 Å². The molecule has 0 aliphatic rings. The topological polar surface area (TPSA) is 29.1 Å². The summed E-state index contributed by atoms with van der Waals surface area (Å²) in [6, 6.07) is 0. The number of unbranched alkanes of at least 4 members (excludes halogenated alkanes) is 21. The maximum atomic E-state index is 12.3. The van der Waals surface area contributed by atoms with Crippen LogP contribution in [0.1, 0.15) is 168 Å². The van der Waals surface area contributed by atoms with Gasteiger partial charge in [0.05, 0.1) is 14.1 Å². The summed E-state index contributed by atoms with van der Waals surface area (Å²) >= 11 is 0. The summed E-state index contributed by atoms with van der Waals surface area (Å²) in [7, 11) is 4.27. The van der Waals surface area contributed by atoms with Gasteiger partial charge in [0, 0.05) is 6.42 Å². The summed E-state index contributed by atoms with van der Waals surface area (Å²) in [5.41, 5.74) is 3.23. The smallest absolute Gasteiger partial charge is 0.264 e. The monoisotopic (exact) mass is 467 g/mol. The van der Waals surface area contributed by atoms with Crippen molar-refractivity contribution >= 4 is 5.91 Å². The highest BCUT2D eigenvalue weighted by atomic mass is 16.2. The molecule has 0 radical (unpaired) electrons. The molecule has 0 aliphatic carbocycles. The molecular formula is C30H63N2O+. The molecule has 0 aromatic heterocycles. The standard InChI is InChI=1S/C30H62N2O/c1-5-7-9-11-13-15-17-19-21-23-25-27-29-32(3,4)31-30(33)28-26-24-22-20-18-16-14-12-10-8-6-2/h5-29H2,1-4H3/p+1. The molecule has 0 saturated carbocycles. The van der Waals surface area contributed by atoms with Crippen molar-refractivity contribution in [2.45, 2.75) is 168 Å². The molecule has 0 saturated heterocycles. The normalized spacial score (nSPS) is 11.8. The summed E-state index contributed by atoms with van der Waals surface area (Å²) < 4.78 is 0.634. The first-order valence-corrected chi connectivity index (χ1v) is 15.2. The van der Waals surface area contributed by atoms with Crippen LogP contribution in [0.3, 0.4) is 0 Å². The van der Waals surface area contributed by atoms with Gasteiger partial charge < -0.3 is 0 Å². The van der Waals surface area contributed by atoms with E-state index in [1.165, 1.54) is 141 Å². The molecule has 0 rings (SSSR count). The van der Waals surface area contributed by atoms with E-state index in [0.29, 0.717) is 11.0 Å². The maximum Gasteiger partial charge on any atom is 0.264 e. The van der Waals surface area contributed by atoms with Crippen LogP contribution < -0.4 is 5.43 Å². The molecule has 0 atom stereocenters. The fraction of sp³-hybridized carbons (Fsp3) is 0.967. The van der Waals surface area contributed by atoms with E-state index in [2.05, 4.69) is 33.4 Å². The average molecular weight is 468 g/mol. The Bertz CT molecular complexity index is 408. The highest BCUT2D eigenvalue weighted by Crippen LogP contribution is 2.13. The molecule has 0 aromatic carbocycles. The molecule has 33 heavy (non-hydrogen) atoms. The molecule has 3 nitrogen and oxygen atoms in total. The molecule has 1 amide bonds. The van der Waals surface area contributed by atoms with Crippen molar-refractivity contribution in [2.24, 2.45) is 0 Å². The number of carbonyl (C=O) groups excluding carboxylic acids is 1. The lowest BCUT2D eigenvalue weighted by Gasteiger charge is -2.29. The average Bonchev–Trinajstić information content (AvgIpc) is 2.78. The van der Waals surface area contributed by atoms with E-state index in [1.54, 1.807) is 0 Å². The second-order valence-corrected chi connectivity index (χ2v) is 11.1. The number of hydrogen-bond donors (Lipinski definition) is 1. The van der Waals surface area contributed by atoms with Crippen molar-refractivity contribution < 1.29 is 9.39 Å². The van der Waals surface area contributed by atoms with Crippen molar-refractivity contribution in [2.75, 3.05) is 20.6 Å². The third-order valence-corrected chi connectivity index (χ3v) is 7.01. The first-order chi connectivity index (χ1) is 16.0. The maximum absolute atomic E-state index is 12.3. The second kappa shape index (κ2) is 24.6. The van der Waals surface area contributed by atoms with Gasteiger partial charge >= 0.3 is 0 Å². The van der Waals surface area contributed by atoms with Gasteiger partial charge in [0.25, 0.3) is 5.91 Å². The van der Waals surface area contributed by atoms with Crippen molar-refractivity contribution in [3.05, 3.63) is 0 Å². The molecule has 3 heteroatoms. The lowest BCUT2D eigenvalue weighted by Crippen LogP contribution is -2.54. The minimum atomic E-state index is 0.231. The number of hydrogen-bond acceptors (Lipinski definition) is 1. The van der Waals surface area contributed by atoms with Crippen LogP contribution in [0.5, 0.6) is 0 Å². The van der Waals surface area contributed by atoms with Crippen molar-refractivity contribution in [1.82, 2.24) is 5.43 Å². The first kappa shape index (κ1) is 32.4. The van der Waals surface area contributed by atoms with Crippen LogP contribution in [-0.2, 0) is 4.79 Å². The van der Waals surface area contributed by atoms with E-state index in [1.807, 2.05) is 0 Å². The van der Waals surface area contributed by atoms with Crippen LogP contribution in [0, 0.1) is 0 Å². The number of carbonyl (C=O) groups is 1. The molecule has 0 unspecified atom stereocenters. The van der Waals surface area contributed by atoms with Gasteiger partial charge in [0.15, 0.2) is 0 Å². The second-order valence-electron chi connectivity index (χ2n) is 11.1. The Balaban J connectivity index is 3.45. The van der Waals surface area contributed by atoms with Gasteiger partial charge in [-0.1, -0.05) is 142 Å². The molecular weight excluding hydrogens is 404 g/mol. The predicted octanol–water partition coefficient (Wildman–Crippen LogP) is 9.50. The molecule has 0 fully saturated rings. The van der Waals surface area contributed by atoms with E-state index < -0.39 is 0 Å². The summed E-state index contributed by atoms with van der Waals surface area (Å²) in [6.07, 6.45) is 31.9. The third-order valence-electron chi connectivity index (χ3n) is 7.01. The lowest BCUT2D eigenvalue weighted by molar-refractivity contribution is -0.925. The summed E-state index contributed by atoms with van der Waals surface area (Å²) in [5, 5.41) is 0. The number of nitrogens with one attached hydrogen (secondary N) is 1. The summed E-state index contributed by atoms with van der Waals surface area (Å²) in [4.78, 5) is 12.3. The molecule has 0 heterocycles. The van der Waals surface area contributed by atoms with Gasteiger partial charge in [-0.05, 0) is 19.3 Å². The quantitative estimate of drug-likeness (QED) is 0.0765. The van der Waals surface area contributed by atoms with Crippen molar-refractivity contribution in [1.29, 1.82) is 0 Å². The summed E-state index contributed by atoms with van der Waals surface area (Å²) in [5.74, 6) is 0.231. The number of nitrogens with zero attached hydrogens (tertiary/aromatic N) is 1. The van der Waals surface area contributed by atoms with Crippen LogP contribution in [-0.4, -0.2) is 31.1 Å². The van der Waals surface area contributed by atoms with E-state index >= 15 is 0 Å². The highest BCUT2D eigenvalue weighted by molar-refractivity contribution is 5.74. The van der Waals surface area contributed by atoms with Crippen LogP contribution in [0.15, 0.2) is 0 Å². The zero-order chi connectivity index (χ0) is 24.5. The van der Waals surface area contributed by atoms with Crippen LogP contribution in [0.25, 0.3) is 0 Å². The first-order valence-electron chi connectivity index (χ1n) is 15.2. The number of quaternary nitrogens is 1. The fourth-order valence-corrected chi connectivity index (χ4v) is 4.75. The van der Waals surface area contributed by atoms with Gasteiger partial charge in [-0.25, -0.2) is 10.0 Å². The van der Waals surface area contributed by atoms with Crippen LogP contribution in [0.4, 0.5) is 0 Å². The van der Waals surface area contributed by atoms with E-state index in [-0.39, 0.29) is 5.91 Å². The largest absolute Gasteiger partial charge is 0.270 e. The fourth-order valence-electron chi connectivity index (χ4n) is 4.75. The van der Waals surface area contributed by atoms with Gasteiger partial charge in [-0.3, -0.25) is 4.79 Å². The summed E-state index contributed by atoms with van der Waals surface area (Å²) in [6.45, 7) is 5.61. The Morgan fingerprint density at radius 1 is 0.485 bits per heavy atom. The van der Waals surface area contributed by atoms with Gasteiger partial charge in [-0.2, -0.15) is 0 Å². The van der Waals surface area contributed by atoms with Gasteiger partial charge in [0.1, 0.15) is 6.54 Å². The Labute approximate surface area is 209 Å². The minimum Gasteiger partial charge on any atom is -0.270 e.